The summed E-state index contributed by atoms with van der Waals surface area (Å²) in [4.78, 5) is 3.40. The molecule has 1 heterocycles. The van der Waals surface area contributed by atoms with E-state index >= 15 is 0 Å². The van der Waals surface area contributed by atoms with Gasteiger partial charge in [0.25, 0.3) is 0 Å². The first-order valence-corrected chi connectivity index (χ1v) is 2.24. The Kier molecular flexibility index (Phi) is 0.344. The Morgan fingerprint density at radius 2 is 2.11 bits per heavy atom. The quantitative estimate of drug-likeness (QED) is 0.574. The standard InChI is InChI=1S/C7H10N2/c1-5-3-7(8)4-6(2)9-5/h3-4H,1-2H3,(H2,8,9)/i1D3,2D3,3D,4D. The van der Waals surface area contributed by atoms with Crippen molar-refractivity contribution >= 4 is 5.69 Å². The predicted molar refractivity (Wildman–Crippen MR) is 38.1 cm³/mol. The van der Waals surface area contributed by atoms with Crippen molar-refractivity contribution in [3.8, 4) is 0 Å². The van der Waals surface area contributed by atoms with Crippen molar-refractivity contribution in [2.24, 2.45) is 0 Å². The van der Waals surface area contributed by atoms with Crippen LogP contribution in [0.5, 0.6) is 0 Å². The SMILES string of the molecule is [2H]c1c(C([2H])([2H])[2H])nc(C([2H])([2H])[2H])c([2H])c1N. The number of pyridine rings is 1. The summed E-state index contributed by atoms with van der Waals surface area (Å²) in [6.45, 7) is -5.47. The minimum Gasteiger partial charge on any atom is -0.399 e. The summed E-state index contributed by atoms with van der Waals surface area (Å²) in [5.41, 5.74) is 3.48. The summed E-state index contributed by atoms with van der Waals surface area (Å²) >= 11 is 0. The van der Waals surface area contributed by atoms with Crippen LogP contribution in [-0.4, -0.2) is 4.98 Å². The van der Waals surface area contributed by atoms with E-state index in [1.807, 2.05) is 0 Å². The molecule has 1 rings (SSSR count). The summed E-state index contributed by atoms with van der Waals surface area (Å²) in [5.74, 6) is 0. The second-order valence-corrected chi connectivity index (χ2v) is 1.47. The molecular weight excluding hydrogens is 112 g/mol. The second kappa shape index (κ2) is 2.05. The van der Waals surface area contributed by atoms with E-state index in [4.69, 9.17) is 16.7 Å². The van der Waals surface area contributed by atoms with Gasteiger partial charge >= 0.3 is 0 Å². The van der Waals surface area contributed by atoms with E-state index in [0.717, 1.165) is 0 Å². The monoisotopic (exact) mass is 130 g/mol. The van der Waals surface area contributed by atoms with Gasteiger partial charge in [0, 0.05) is 25.3 Å². The lowest BCUT2D eigenvalue weighted by atomic mass is 10.3. The third-order valence-corrected chi connectivity index (χ3v) is 0.730. The van der Waals surface area contributed by atoms with Crippen LogP contribution in [0.1, 0.15) is 22.4 Å². The molecule has 2 nitrogen and oxygen atoms in total. The highest BCUT2D eigenvalue weighted by molar-refractivity contribution is 5.39. The van der Waals surface area contributed by atoms with Crippen LogP contribution in [0.3, 0.4) is 0 Å². The minimum atomic E-state index is -2.74. The largest absolute Gasteiger partial charge is 0.399 e. The summed E-state index contributed by atoms with van der Waals surface area (Å²) in [6.07, 6.45) is 0. The third-order valence-electron chi connectivity index (χ3n) is 0.730. The van der Waals surface area contributed by atoms with Crippen LogP contribution in [-0.2, 0) is 0 Å². The van der Waals surface area contributed by atoms with Crippen LogP contribution in [0.2, 0.25) is 0 Å². The zero-order valence-electron chi connectivity index (χ0n) is 12.5. The number of hydrogen-bond donors (Lipinski definition) is 1. The lowest BCUT2D eigenvalue weighted by Crippen LogP contribution is -1.90. The zero-order chi connectivity index (χ0) is 13.6. The van der Waals surface area contributed by atoms with E-state index in [2.05, 4.69) is 4.98 Å². The maximum absolute atomic E-state index is 7.44. The number of nitrogens with two attached hydrogens (primary N) is 1. The van der Waals surface area contributed by atoms with E-state index < -0.39 is 42.9 Å². The highest BCUT2D eigenvalue weighted by atomic mass is 14.7. The Labute approximate surface area is 66.0 Å². The molecule has 0 atom stereocenters. The van der Waals surface area contributed by atoms with Crippen molar-refractivity contribution in [2.45, 2.75) is 13.7 Å². The van der Waals surface area contributed by atoms with Crippen LogP contribution >= 0.6 is 0 Å². The summed E-state index contributed by atoms with van der Waals surface area (Å²) in [7, 11) is 0. The van der Waals surface area contributed by atoms with Crippen molar-refractivity contribution < 1.29 is 11.0 Å². The van der Waals surface area contributed by atoms with E-state index in [1.165, 1.54) is 0 Å². The topological polar surface area (TPSA) is 38.9 Å². The molecule has 0 saturated heterocycles. The van der Waals surface area contributed by atoms with Gasteiger partial charge in [-0.05, 0) is 25.8 Å². The number of anilines is 1. The first-order valence-electron chi connectivity index (χ1n) is 6.24. The van der Waals surface area contributed by atoms with Gasteiger partial charge in [0.1, 0.15) is 0 Å². The Hall–Kier alpha value is -1.05. The first-order chi connectivity index (χ1) is 7.46. The molecule has 2 N–H and O–H groups in total. The molecule has 2 heteroatoms. The Bertz CT molecular complexity index is 408. The number of aryl methyl sites for hydroxylation is 2. The average Bonchev–Trinajstić information content (AvgIpc) is 2.10. The van der Waals surface area contributed by atoms with Crippen molar-refractivity contribution in [3.63, 3.8) is 0 Å². The number of nitrogen functional groups attached to an aromatic ring is 1. The normalized spacial score (nSPS) is 25.3. The number of nitrogens with zero attached hydrogens (tertiary/aromatic N) is 1. The molecule has 1 aromatic rings. The molecule has 0 aliphatic carbocycles. The van der Waals surface area contributed by atoms with Gasteiger partial charge in [-0.1, -0.05) is 0 Å². The van der Waals surface area contributed by atoms with Crippen LogP contribution in [0.25, 0.3) is 0 Å². The lowest BCUT2D eigenvalue weighted by molar-refractivity contribution is 1.13. The molecule has 0 aliphatic rings. The van der Waals surface area contributed by atoms with Gasteiger partial charge in [0.05, 0.1) is 2.74 Å². The lowest BCUT2D eigenvalue weighted by Gasteiger charge is -1.96. The van der Waals surface area contributed by atoms with Gasteiger partial charge in [-0.2, -0.15) is 0 Å². The second-order valence-electron chi connectivity index (χ2n) is 1.47. The molecule has 48 valence electrons. The van der Waals surface area contributed by atoms with Crippen LogP contribution in [0, 0.1) is 13.7 Å². The molecule has 0 spiro atoms. The highest BCUT2D eigenvalue weighted by Crippen LogP contribution is 2.04. The van der Waals surface area contributed by atoms with Crippen molar-refractivity contribution in [2.75, 3.05) is 5.73 Å². The number of rotatable bonds is 0. The van der Waals surface area contributed by atoms with E-state index in [1.54, 1.807) is 0 Å². The molecule has 1 aromatic heterocycles. The fraction of sp³-hybridized carbons (Fsp3) is 0.286. The first kappa shape index (κ1) is 1.51. The van der Waals surface area contributed by atoms with E-state index in [9.17, 15) is 0 Å². The van der Waals surface area contributed by atoms with Crippen molar-refractivity contribution in [1.82, 2.24) is 4.98 Å². The third kappa shape index (κ3) is 1.42. The smallest absolute Gasteiger partial charge is 0.0664 e. The summed E-state index contributed by atoms with van der Waals surface area (Å²) in [5, 5.41) is 0. The van der Waals surface area contributed by atoms with Gasteiger partial charge in [0.15, 0.2) is 0 Å². The summed E-state index contributed by atoms with van der Waals surface area (Å²) in [6, 6.07) is -1.24. The number of aromatic nitrogens is 1. The molecule has 0 bridgehead atoms. The minimum absolute atomic E-state index is 0.489. The van der Waals surface area contributed by atoms with Gasteiger partial charge in [-0.25, -0.2) is 0 Å². The molecule has 0 unspecified atom stereocenters. The van der Waals surface area contributed by atoms with E-state index in [-0.39, 0.29) is 0 Å². The fourth-order valence-corrected chi connectivity index (χ4v) is 0.454. The molecule has 0 radical (unpaired) electrons. The molecule has 0 saturated carbocycles. The Morgan fingerprint density at radius 1 is 1.56 bits per heavy atom. The zero-order valence-corrected chi connectivity index (χ0v) is 4.52. The fourth-order valence-electron chi connectivity index (χ4n) is 0.454. The maximum Gasteiger partial charge on any atom is 0.0664 e. The molecule has 0 fully saturated rings. The van der Waals surface area contributed by atoms with Gasteiger partial charge in [0.2, 0.25) is 0 Å². The van der Waals surface area contributed by atoms with Gasteiger partial charge in [-0.15, -0.1) is 0 Å². The average molecular weight is 130 g/mol. The highest BCUT2D eigenvalue weighted by Gasteiger charge is 1.89. The molecule has 9 heavy (non-hydrogen) atoms. The molecular formula is C7H10N2. The Balaban J connectivity index is 3.63. The molecule has 0 aromatic carbocycles. The molecule has 0 amide bonds. The van der Waals surface area contributed by atoms with Crippen LogP contribution < -0.4 is 5.73 Å². The van der Waals surface area contributed by atoms with Crippen molar-refractivity contribution in [3.05, 3.63) is 23.5 Å². The van der Waals surface area contributed by atoms with Crippen molar-refractivity contribution in [1.29, 1.82) is 0 Å². The predicted octanol–water partition coefficient (Wildman–Crippen LogP) is 1.28. The van der Waals surface area contributed by atoms with Crippen LogP contribution in [0.4, 0.5) is 5.69 Å². The van der Waals surface area contributed by atoms with Gasteiger partial charge < -0.3 is 5.73 Å². The molecule has 0 aliphatic heterocycles. The van der Waals surface area contributed by atoms with Gasteiger partial charge in [-0.3, -0.25) is 4.98 Å². The number of hydrogen-bond acceptors (Lipinski definition) is 2. The Morgan fingerprint density at radius 3 is 2.56 bits per heavy atom. The van der Waals surface area contributed by atoms with Crippen LogP contribution in [0.15, 0.2) is 12.1 Å². The maximum atomic E-state index is 7.44. The van der Waals surface area contributed by atoms with E-state index in [0.29, 0.717) is 0 Å². The summed E-state index contributed by atoms with van der Waals surface area (Å²) < 4.78 is 57.7.